The molecule has 3 rings (SSSR count). The summed E-state index contributed by atoms with van der Waals surface area (Å²) in [7, 11) is 0. The van der Waals surface area contributed by atoms with Crippen LogP contribution in [0.4, 0.5) is 5.13 Å². The van der Waals surface area contributed by atoms with Gasteiger partial charge in [-0.15, -0.1) is 0 Å². The number of rotatable bonds is 5. The van der Waals surface area contributed by atoms with Crippen LogP contribution in [0.5, 0.6) is 0 Å². The number of amides is 1. The predicted octanol–water partition coefficient (Wildman–Crippen LogP) is 3.41. The summed E-state index contributed by atoms with van der Waals surface area (Å²) in [6.07, 6.45) is 3.34. The molecular formula is C17H16N4O2S. The van der Waals surface area contributed by atoms with Crippen molar-refractivity contribution in [2.75, 3.05) is 5.32 Å². The Hall–Kier alpha value is -2.80. The molecular weight excluding hydrogens is 324 g/mol. The molecule has 0 aliphatic carbocycles. The zero-order chi connectivity index (χ0) is 17.1. The van der Waals surface area contributed by atoms with Gasteiger partial charge in [0.25, 0.3) is 5.91 Å². The molecule has 0 aliphatic heterocycles. The number of hydrogen-bond donors (Lipinski definition) is 1. The van der Waals surface area contributed by atoms with Crippen LogP contribution in [-0.4, -0.2) is 26.5 Å². The van der Waals surface area contributed by atoms with Gasteiger partial charge >= 0.3 is 0 Å². The molecule has 6 nitrogen and oxygen atoms in total. The summed E-state index contributed by atoms with van der Waals surface area (Å²) < 4.78 is 1.56. The highest BCUT2D eigenvalue weighted by Crippen LogP contribution is 2.31. The van der Waals surface area contributed by atoms with E-state index in [9.17, 15) is 9.59 Å². The van der Waals surface area contributed by atoms with Crippen molar-refractivity contribution in [3.05, 3.63) is 53.7 Å². The fraction of sp³-hybridized carbons (Fsp3) is 0.176. The number of nitrogens with zero attached hydrogens (tertiary/aromatic N) is 3. The molecule has 2 heterocycles. The van der Waals surface area contributed by atoms with E-state index in [1.54, 1.807) is 30.1 Å². The van der Waals surface area contributed by atoms with Crippen LogP contribution in [0, 0.1) is 0 Å². The molecule has 1 atom stereocenters. The van der Waals surface area contributed by atoms with Crippen LogP contribution in [0.2, 0.25) is 0 Å². The first-order chi connectivity index (χ1) is 11.6. The summed E-state index contributed by atoms with van der Waals surface area (Å²) in [5.41, 5.74) is 1.44. The van der Waals surface area contributed by atoms with E-state index in [2.05, 4.69) is 15.4 Å². The van der Waals surface area contributed by atoms with Crippen molar-refractivity contribution in [3.8, 4) is 11.3 Å². The first-order valence-corrected chi connectivity index (χ1v) is 8.25. The summed E-state index contributed by atoms with van der Waals surface area (Å²) in [4.78, 5) is 29.2. The Morgan fingerprint density at radius 3 is 2.58 bits per heavy atom. The number of benzene rings is 1. The summed E-state index contributed by atoms with van der Waals surface area (Å²) in [5.74, 6) is -0.311. The normalized spacial score (nSPS) is 11.9. The minimum atomic E-state index is -0.468. The summed E-state index contributed by atoms with van der Waals surface area (Å²) >= 11 is 1.18. The zero-order valence-corrected chi connectivity index (χ0v) is 14.1. The lowest BCUT2D eigenvalue weighted by atomic mass is 10.1. The first kappa shape index (κ1) is 16.1. The molecule has 1 N–H and O–H groups in total. The number of carbonyl (C=O) groups is 2. The average molecular weight is 340 g/mol. The Kier molecular flexibility index (Phi) is 4.52. The molecule has 0 fully saturated rings. The van der Waals surface area contributed by atoms with Gasteiger partial charge in [-0.25, -0.2) is 4.98 Å². The lowest BCUT2D eigenvalue weighted by Gasteiger charge is -2.10. The largest absolute Gasteiger partial charge is 0.300 e. The third-order valence-electron chi connectivity index (χ3n) is 3.53. The van der Waals surface area contributed by atoms with Crippen LogP contribution in [-0.2, 0) is 4.79 Å². The van der Waals surface area contributed by atoms with Crippen molar-refractivity contribution < 1.29 is 9.59 Å². The van der Waals surface area contributed by atoms with Crippen LogP contribution in [0.1, 0.15) is 29.6 Å². The molecule has 3 aromatic rings. The Labute approximate surface area is 143 Å². The van der Waals surface area contributed by atoms with Crippen molar-refractivity contribution in [2.24, 2.45) is 0 Å². The third kappa shape index (κ3) is 3.26. The second-order valence-corrected chi connectivity index (χ2v) is 6.27. The Morgan fingerprint density at radius 2 is 1.96 bits per heavy atom. The third-order valence-corrected chi connectivity index (χ3v) is 4.60. The van der Waals surface area contributed by atoms with Gasteiger partial charge in [-0.05, 0) is 13.0 Å². The van der Waals surface area contributed by atoms with Crippen LogP contribution in [0.3, 0.4) is 0 Å². The van der Waals surface area contributed by atoms with Gasteiger partial charge in [0.05, 0.1) is 10.6 Å². The van der Waals surface area contributed by atoms with E-state index in [0.717, 1.165) is 5.56 Å². The van der Waals surface area contributed by atoms with Crippen molar-refractivity contribution in [3.63, 3.8) is 0 Å². The molecule has 0 radical (unpaired) electrons. The van der Waals surface area contributed by atoms with E-state index in [-0.39, 0.29) is 11.7 Å². The second kappa shape index (κ2) is 6.76. The molecule has 1 amide bonds. The Balaban J connectivity index is 1.87. The standard InChI is InChI=1S/C17H16N4O2S/c1-11(21-10-6-9-18-21)16(23)20-17-19-14(15(24-17)12(2)22)13-7-4-3-5-8-13/h3-11H,1-2H3,(H,19,20,23). The zero-order valence-electron chi connectivity index (χ0n) is 13.3. The minimum Gasteiger partial charge on any atom is -0.300 e. The Morgan fingerprint density at radius 1 is 1.21 bits per heavy atom. The minimum absolute atomic E-state index is 0.0769. The molecule has 0 saturated carbocycles. The van der Waals surface area contributed by atoms with Crippen LogP contribution in [0.15, 0.2) is 48.8 Å². The molecule has 1 aromatic carbocycles. The number of Topliss-reactive ketones (excluding diaryl/α,β-unsaturated/α-hetero) is 1. The molecule has 24 heavy (non-hydrogen) atoms. The quantitative estimate of drug-likeness (QED) is 0.722. The number of ketones is 1. The highest BCUT2D eigenvalue weighted by molar-refractivity contribution is 7.18. The molecule has 7 heteroatoms. The molecule has 0 aliphatic rings. The predicted molar refractivity (Wildman–Crippen MR) is 93.1 cm³/mol. The molecule has 1 unspecified atom stereocenters. The SMILES string of the molecule is CC(=O)c1sc(NC(=O)C(C)n2cccn2)nc1-c1ccccc1. The molecule has 122 valence electrons. The summed E-state index contributed by atoms with van der Waals surface area (Å²) in [6, 6.07) is 10.7. The van der Waals surface area contributed by atoms with Crippen molar-refractivity contribution in [1.29, 1.82) is 0 Å². The van der Waals surface area contributed by atoms with Gasteiger partial charge in [0, 0.05) is 24.9 Å². The van der Waals surface area contributed by atoms with Crippen LogP contribution < -0.4 is 5.32 Å². The fourth-order valence-electron chi connectivity index (χ4n) is 2.24. The highest BCUT2D eigenvalue weighted by Gasteiger charge is 2.20. The van der Waals surface area contributed by atoms with Gasteiger partial charge in [-0.3, -0.25) is 14.3 Å². The van der Waals surface area contributed by atoms with Crippen molar-refractivity contribution in [2.45, 2.75) is 19.9 Å². The van der Waals surface area contributed by atoms with Gasteiger partial charge < -0.3 is 5.32 Å². The van der Waals surface area contributed by atoms with Gasteiger partial charge in [0.15, 0.2) is 10.9 Å². The number of nitrogens with one attached hydrogen (secondary N) is 1. The highest BCUT2D eigenvalue weighted by atomic mass is 32.1. The van der Waals surface area contributed by atoms with Gasteiger partial charge in [0.2, 0.25) is 0 Å². The van der Waals surface area contributed by atoms with E-state index < -0.39 is 6.04 Å². The van der Waals surface area contributed by atoms with Crippen molar-refractivity contribution in [1.82, 2.24) is 14.8 Å². The lowest BCUT2D eigenvalue weighted by Crippen LogP contribution is -2.23. The number of hydrogen-bond acceptors (Lipinski definition) is 5. The maximum atomic E-state index is 12.3. The van der Waals surface area contributed by atoms with Gasteiger partial charge in [-0.1, -0.05) is 41.7 Å². The van der Waals surface area contributed by atoms with E-state index in [1.807, 2.05) is 30.3 Å². The van der Waals surface area contributed by atoms with Gasteiger partial charge in [0.1, 0.15) is 6.04 Å². The van der Waals surface area contributed by atoms with E-state index >= 15 is 0 Å². The maximum Gasteiger partial charge on any atom is 0.250 e. The Bertz CT molecular complexity index is 856. The van der Waals surface area contributed by atoms with Crippen LogP contribution in [0.25, 0.3) is 11.3 Å². The fourth-order valence-corrected chi connectivity index (χ4v) is 3.13. The number of carbonyl (C=O) groups excluding carboxylic acids is 2. The molecule has 0 saturated heterocycles. The second-order valence-electron chi connectivity index (χ2n) is 5.27. The monoisotopic (exact) mass is 340 g/mol. The van der Waals surface area contributed by atoms with Crippen molar-refractivity contribution >= 4 is 28.2 Å². The van der Waals surface area contributed by atoms with Crippen LogP contribution >= 0.6 is 11.3 Å². The average Bonchev–Trinajstić information content (AvgIpc) is 3.24. The maximum absolute atomic E-state index is 12.3. The van der Waals surface area contributed by atoms with E-state index in [1.165, 1.54) is 18.3 Å². The number of thiazole rings is 1. The van der Waals surface area contributed by atoms with E-state index in [4.69, 9.17) is 0 Å². The van der Waals surface area contributed by atoms with Gasteiger partial charge in [-0.2, -0.15) is 5.10 Å². The molecule has 0 bridgehead atoms. The molecule has 0 spiro atoms. The lowest BCUT2D eigenvalue weighted by molar-refractivity contribution is -0.119. The van der Waals surface area contributed by atoms with E-state index in [0.29, 0.717) is 15.7 Å². The smallest absolute Gasteiger partial charge is 0.250 e. The topological polar surface area (TPSA) is 76.9 Å². The number of aromatic nitrogens is 3. The molecule has 2 aromatic heterocycles. The number of anilines is 1. The summed E-state index contributed by atoms with van der Waals surface area (Å²) in [6.45, 7) is 3.25. The first-order valence-electron chi connectivity index (χ1n) is 7.43. The summed E-state index contributed by atoms with van der Waals surface area (Å²) in [5, 5.41) is 7.24.